The molecule has 0 spiro atoms. The molecule has 0 saturated heterocycles. The van der Waals surface area contributed by atoms with Crippen LogP contribution in [0.3, 0.4) is 0 Å². The van der Waals surface area contributed by atoms with Gasteiger partial charge in [0, 0.05) is 12.1 Å². The van der Waals surface area contributed by atoms with Gasteiger partial charge in [-0.2, -0.15) is 0 Å². The number of likely N-dealkylation sites (N-methyl/N-ethyl adjacent to an activating group) is 1. The monoisotopic (exact) mass is 251 g/mol. The van der Waals surface area contributed by atoms with E-state index in [4.69, 9.17) is 9.84 Å². The molecule has 0 heterocycles. The van der Waals surface area contributed by atoms with Crippen molar-refractivity contribution < 1.29 is 19.4 Å². The molecule has 5 heteroatoms. The van der Waals surface area contributed by atoms with Gasteiger partial charge in [0.2, 0.25) is 0 Å². The molecule has 1 N–H and O–H groups in total. The maximum absolute atomic E-state index is 11.8. The van der Waals surface area contributed by atoms with Gasteiger partial charge in [0.1, 0.15) is 13.2 Å². The van der Waals surface area contributed by atoms with Crippen molar-refractivity contribution in [1.82, 2.24) is 4.90 Å². The lowest BCUT2D eigenvalue weighted by Crippen LogP contribution is -2.21. The molecule has 1 aromatic carbocycles. The molecule has 0 radical (unpaired) electrons. The highest BCUT2D eigenvalue weighted by molar-refractivity contribution is 6.06. The van der Waals surface area contributed by atoms with Crippen molar-refractivity contribution in [3.63, 3.8) is 0 Å². The number of nitrogens with zero attached hydrogens (tertiary/aromatic N) is 1. The smallest absolute Gasteiger partial charge is 0.338 e. The van der Waals surface area contributed by atoms with E-state index in [-0.39, 0.29) is 17.7 Å². The van der Waals surface area contributed by atoms with Crippen LogP contribution in [-0.4, -0.2) is 55.6 Å². The van der Waals surface area contributed by atoms with E-state index in [1.165, 1.54) is 12.1 Å². The predicted molar refractivity (Wildman–Crippen MR) is 66.7 cm³/mol. The van der Waals surface area contributed by atoms with E-state index < -0.39 is 18.4 Å². The van der Waals surface area contributed by atoms with Crippen LogP contribution in [0.5, 0.6) is 0 Å². The minimum Gasteiger partial charge on any atom is -0.461 e. The second kappa shape index (κ2) is 6.88. The summed E-state index contributed by atoms with van der Waals surface area (Å²) in [6.45, 7) is 0.247. The molecule has 0 aromatic heterocycles. The van der Waals surface area contributed by atoms with Crippen LogP contribution in [0.1, 0.15) is 20.7 Å². The number of benzene rings is 1. The number of ether oxygens (including phenoxy) is 1. The third-order valence-corrected chi connectivity index (χ3v) is 2.36. The predicted octanol–water partition coefficient (Wildman–Crippen LogP) is 0.580. The summed E-state index contributed by atoms with van der Waals surface area (Å²) in [6.07, 6.45) is 0. The van der Waals surface area contributed by atoms with Crippen molar-refractivity contribution in [2.24, 2.45) is 0 Å². The SMILES string of the molecule is CN(C)CCOC(=O)c1ccccc1C(=O)CO. The van der Waals surface area contributed by atoms with Crippen molar-refractivity contribution in [2.45, 2.75) is 0 Å². The van der Waals surface area contributed by atoms with Crippen LogP contribution in [0, 0.1) is 0 Å². The number of hydrogen-bond acceptors (Lipinski definition) is 5. The number of aliphatic hydroxyl groups excluding tert-OH is 1. The molecule has 1 rings (SSSR count). The minimum absolute atomic E-state index is 0.190. The molecule has 0 aliphatic rings. The van der Waals surface area contributed by atoms with Crippen LogP contribution in [0.25, 0.3) is 0 Å². The molecule has 0 aliphatic carbocycles. The van der Waals surface area contributed by atoms with Gasteiger partial charge in [-0.3, -0.25) is 4.79 Å². The van der Waals surface area contributed by atoms with Gasteiger partial charge in [0.25, 0.3) is 0 Å². The van der Waals surface area contributed by atoms with Crippen molar-refractivity contribution in [2.75, 3.05) is 33.9 Å². The van der Waals surface area contributed by atoms with Gasteiger partial charge >= 0.3 is 5.97 Å². The molecule has 0 aliphatic heterocycles. The van der Waals surface area contributed by atoms with Gasteiger partial charge in [0.05, 0.1) is 5.56 Å². The molecule has 0 fully saturated rings. The molecule has 0 atom stereocenters. The summed E-state index contributed by atoms with van der Waals surface area (Å²) in [5.74, 6) is -1.04. The fourth-order valence-electron chi connectivity index (χ4n) is 1.39. The van der Waals surface area contributed by atoms with Crippen molar-refractivity contribution in [1.29, 1.82) is 0 Å². The number of Topliss-reactive ketones (excluding diaryl/α,β-unsaturated/α-hetero) is 1. The molecule has 0 unspecified atom stereocenters. The fourth-order valence-corrected chi connectivity index (χ4v) is 1.39. The summed E-state index contributed by atoms with van der Waals surface area (Å²) in [5.41, 5.74) is 0.380. The second-order valence-electron chi connectivity index (χ2n) is 4.07. The number of aliphatic hydroxyl groups is 1. The fraction of sp³-hybridized carbons (Fsp3) is 0.385. The van der Waals surface area contributed by atoms with E-state index in [0.29, 0.717) is 6.54 Å². The van der Waals surface area contributed by atoms with Crippen LogP contribution >= 0.6 is 0 Å². The summed E-state index contributed by atoms with van der Waals surface area (Å²) in [4.78, 5) is 25.1. The number of ketones is 1. The number of hydrogen-bond donors (Lipinski definition) is 1. The van der Waals surface area contributed by atoms with Gasteiger partial charge in [-0.25, -0.2) is 4.79 Å². The van der Waals surface area contributed by atoms with Crippen molar-refractivity contribution in [3.8, 4) is 0 Å². The van der Waals surface area contributed by atoms with Gasteiger partial charge in [-0.15, -0.1) is 0 Å². The molecule has 18 heavy (non-hydrogen) atoms. The molecule has 1 aromatic rings. The Morgan fingerprint density at radius 3 is 2.39 bits per heavy atom. The third kappa shape index (κ3) is 3.94. The van der Waals surface area contributed by atoms with E-state index in [1.54, 1.807) is 12.1 Å². The van der Waals surface area contributed by atoms with Crippen molar-refractivity contribution in [3.05, 3.63) is 35.4 Å². The average molecular weight is 251 g/mol. The lowest BCUT2D eigenvalue weighted by atomic mass is 10.0. The summed E-state index contributed by atoms with van der Waals surface area (Å²) in [5, 5.41) is 8.83. The Morgan fingerprint density at radius 1 is 1.22 bits per heavy atom. The zero-order chi connectivity index (χ0) is 13.5. The molecule has 5 nitrogen and oxygen atoms in total. The van der Waals surface area contributed by atoms with E-state index in [0.717, 1.165) is 0 Å². The van der Waals surface area contributed by atoms with Gasteiger partial charge in [-0.1, -0.05) is 18.2 Å². The van der Waals surface area contributed by atoms with Crippen molar-refractivity contribution >= 4 is 11.8 Å². The average Bonchev–Trinajstić information content (AvgIpc) is 2.37. The van der Waals surface area contributed by atoms with E-state index >= 15 is 0 Å². The molecular weight excluding hydrogens is 234 g/mol. The quantitative estimate of drug-likeness (QED) is 0.591. The van der Waals surface area contributed by atoms with E-state index in [9.17, 15) is 9.59 Å². The van der Waals surface area contributed by atoms with Gasteiger partial charge in [-0.05, 0) is 20.2 Å². The zero-order valence-electron chi connectivity index (χ0n) is 10.5. The summed E-state index contributed by atoms with van der Waals surface area (Å²) < 4.78 is 5.06. The molecule has 98 valence electrons. The summed E-state index contributed by atoms with van der Waals surface area (Å²) in [6, 6.07) is 6.30. The number of esters is 1. The summed E-state index contributed by atoms with van der Waals surface area (Å²) >= 11 is 0. The zero-order valence-corrected chi connectivity index (χ0v) is 10.5. The first-order valence-electron chi connectivity index (χ1n) is 5.61. The Morgan fingerprint density at radius 2 is 1.83 bits per heavy atom. The Labute approximate surface area is 106 Å². The highest BCUT2D eigenvalue weighted by atomic mass is 16.5. The molecule has 0 saturated carbocycles. The largest absolute Gasteiger partial charge is 0.461 e. The highest BCUT2D eigenvalue weighted by Crippen LogP contribution is 2.11. The van der Waals surface area contributed by atoms with Gasteiger partial charge < -0.3 is 14.7 Å². The van der Waals surface area contributed by atoms with Crippen LogP contribution in [0.4, 0.5) is 0 Å². The maximum atomic E-state index is 11.8. The van der Waals surface area contributed by atoms with Crippen LogP contribution in [0.2, 0.25) is 0 Å². The van der Waals surface area contributed by atoms with E-state index in [2.05, 4.69) is 0 Å². The third-order valence-electron chi connectivity index (χ3n) is 2.36. The lowest BCUT2D eigenvalue weighted by molar-refractivity contribution is 0.0478. The standard InChI is InChI=1S/C13H17NO4/c1-14(2)7-8-18-13(17)11-6-4-3-5-10(11)12(16)9-15/h3-6,15H,7-9H2,1-2H3. The minimum atomic E-state index is -0.623. The molecule has 0 amide bonds. The summed E-state index contributed by atoms with van der Waals surface area (Å²) in [7, 11) is 3.74. The maximum Gasteiger partial charge on any atom is 0.338 e. The second-order valence-corrected chi connectivity index (χ2v) is 4.07. The number of carbonyl (C=O) groups is 2. The normalized spacial score (nSPS) is 10.4. The Bertz CT molecular complexity index is 429. The highest BCUT2D eigenvalue weighted by Gasteiger charge is 2.16. The lowest BCUT2D eigenvalue weighted by Gasteiger charge is -2.11. The Balaban J connectivity index is 2.76. The number of rotatable bonds is 6. The molecular formula is C13H17NO4. The Kier molecular flexibility index (Phi) is 5.48. The van der Waals surface area contributed by atoms with Crippen LogP contribution in [0.15, 0.2) is 24.3 Å². The van der Waals surface area contributed by atoms with Crippen LogP contribution in [-0.2, 0) is 4.74 Å². The first-order valence-corrected chi connectivity index (χ1v) is 5.61. The topological polar surface area (TPSA) is 66.8 Å². The van der Waals surface area contributed by atoms with E-state index in [1.807, 2.05) is 19.0 Å². The molecule has 0 bridgehead atoms. The first kappa shape index (κ1) is 14.3. The Hall–Kier alpha value is -1.72. The number of carbonyl (C=O) groups excluding carboxylic acids is 2. The van der Waals surface area contributed by atoms with Gasteiger partial charge in [0.15, 0.2) is 5.78 Å². The van der Waals surface area contributed by atoms with Crippen LogP contribution < -0.4 is 0 Å². The first-order chi connectivity index (χ1) is 8.56.